The number of hydrogen-bond acceptors (Lipinski definition) is 9. The third-order valence-corrected chi connectivity index (χ3v) is 8.60. The number of pyridine rings is 1. The molecule has 3 aromatic rings. The van der Waals surface area contributed by atoms with Crippen LogP contribution in [0.2, 0.25) is 0 Å². The first kappa shape index (κ1) is 35.5. The summed E-state index contributed by atoms with van der Waals surface area (Å²) in [6, 6.07) is 3.05. The second-order valence-electron chi connectivity index (χ2n) is 11.8. The van der Waals surface area contributed by atoms with E-state index in [0.717, 1.165) is 0 Å². The molecule has 2 aliphatic rings. The van der Waals surface area contributed by atoms with Crippen LogP contribution in [0, 0.1) is 5.92 Å². The maximum atomic E-state index is 13.8. The molecule has 1 saturated heterocycles. The Morgan fingerprint density at radius 2 is 1.61 bits per heavy atom. The van der Waals surface area contributed by atoms with E-state index in [4.69, 9.17) is 9.47 Å². The maximum Gasteiger partial charge on any atom is 0.416 e. The molecule has 1 amide bonds. The van der Waals surface area contributed by atoms with Crippen LogP contribution in [0.4, 0.5) is 48.5 Å². The highest BCUT2D eigenvalue weighted by atomic mass is 19.4. The number of benzene rings is 1. The van der Waals surface area contributed by atoms with Crippen molar-refractivity contribution in [1.82, 2.24) is 15.0 Å². The average Bonchev–Trinajstić information content (AvgIpc) is 3.06. The predicted octanol–water partition coefficient (Wildman–Crippen LogP) is 6.72. The summed E-state index contributed by atoms with van der Waals surface area (Å²) in [6.07, 6.45) is -6.91. The van der Waals surface area contributed by atoms with Gasteiger partial charge in [-0.15, -0.1) is 0 Å². The van der Waals surface area contributed by atoms with E-state index in [0.29, 0.717) is 49.4 Å². The number of aromatic nitrogens is 3. The molecule has 0 radical (unpaired) electrons. The van der Waals surface area contributed by atoms with Crippen molar-refractivity contribution < 1.29 is 50.5 Å². The molecule has 1 aromatic carbocycles. The van der Waals surface area contributed by atoms with E-state index in [-0.39, 0.29) is 42.2 Å². The molecular weight excluding hydrogens is 662 g/mol. The largest absolute Gasteiger partial charge is 0.481 e. The molecular formula is C32H34F6N6O5. The van der Waals surface area contributed by atoms with Gasteiger partial charge in [-0.25, -0.2) is 19.7 Å². The summed E-state index contributed by atoms with van der Waals surface area (Å²) >= 11 is 0. The quantitative estimate of drug-likeness (QED) is 0.254. The molecule has 17 heteroatoms. The number of carbonyl (C=O) groups excluding carboxylic acids is 1. The predicted molar refractivity (Wildman–Crippen MR) is 164 cm³/mol. The van der Waals surface area contributed by atoms with Crippen LogP contribution in [-0.4, -0.2) is 65.0 Å². The maximum absolute atomic E-state index is 13.8. The minimum absolute atomic E-state index is 0.0208. The molecule has 49 heavy (non-hydrogen) atoms. The standard InChI is InChI=1S/C32H34F6N6O5/c1-4-49-30(47)44-18(2)11-25(27-24(44)5-6-26(41-27)48-3)43(17-19-12-21(31(33,34)35)14-22(13-19)32(36,37)38)29-39-15-23(16-40-29)42-9-7-20(8-10-42)28(45)46/h5-6,12-16,18,20,25H,4,7-11,17H2,1-3H3,(H,45,46)/t18-,25+/m1/s1. The Hall–Kier alpha value is -4.83. The first-order valence-corrected chi connectivity index (χ1v) is 15.5. The minimum atomic E-state index is -5.06. The van der Waals surface area contributed by atoms with Crippen LogP contribution in [0.3, 0.4) is 0 Å². The van der Waals surface area contributed by atoms with Crippen LogP contribution < -0.4 is 19.4 Å². The highest BCUT2D eigenvalue weighted by Gasteiger charge is 2.41. The molecule has 4 heterocycles. The van der Waals surface area contributed by atoms with Gasteiger partial charge in [0.1, 0.15) is 0 Å². The Balaban J connectivity index is 1.61. The molecule has 264 valence electrons. The van der Waals surface area contributed by atoms with E-state index in [1.165, 1.54) is 35.4 Å². The smallest absolute Gasteiger partial charge is 0.416 e. The van der Waals surface area contributed by atoms with Gasteiger partial charge in [-0.1, -0.05) is 0 Å². The van der Waals surface area contributed by atoms with Gasteiger partial charge < -0.3 is 24.4 Å². The lowest BCUT2D eigenvalue weighted by atomic mass is 9.94. The number of aliphatic carboxylic acids is 1. The molecule has 0 saturated carbocycles. The lowest BCUT2D eigenvalue weighted by molar-refractivity contribution is -0.144. The van der Waals surface area contributed by atoms with E-state index in [1.807, 2.05) is 4.90 Å². The number of fused-ring (bicyclic) bond motifs is 1. The zero-order valence-electron chi connectivity index (χ0n) is 26.8. The van der Waals surface area contributed by atoms with Gasteiger partial charge in [0.15, 0.2) is 0 Å². The van der Waals surface area contributed by atoms with Crippen LogP contribution in [-0.2, 0) is 28.4 Å². The highest BCUT2D eigenvalue weighted by Crippen LogP contribution is 2.43. The summed E-state index contributed by atoms with van der Waals surface area (Å²) in [7, 11) is 1.37. The Morgan fingerprint density at radius 1 is 1.00 bits per heavy atom. The van der Waals surface area contributed by atoms with Gasteiger partial charge in [-0.05, 0) is 62.9 Å². The molecule has 2 aliphatic heterocycles. The van der Waals surface area contributed by atoms with Crippen molar-refractivity contribution in [1.29, 1.82) is 0 Å². The Morgan fingerprint density at radius 3 is 2.14 bits per heavy atom. The monoisotopic (exact) mass is 696 g/mol. The van der Waals surface area contributed by atoms with Crippen molar-refractivity contribution >= 4 is 29.4 Å². The normalized spacial score (nSPS) is 18.6. The van der Waals surface area contributed by atoms with E-state index < -0.39 is 60.1 Å². The summed E-state index contributed by atoms with van der Waals surface area (Å²) in [5.41, 5.74) is -2.12. The highest BCUT2D eigenvalue weighted by molar-refractivity contribution is 5.90. The van der Waals surface area contributed by atoms with Gasteiger partial charge in [0.05, 0.1) is 66.3 Å². The van der Waals surface area contributed by atoms with Gasteiger partial charge in [0, 0.05) is 31.7 Å². The second kappa shape index (κ2) is 14.0. The average molecular weight is 697 g/mol. The first-order chi connectivity index (χ1) is 23.1. The molecule has 11 nitrogen and oxygen atoms in total. The third-order valence-electron chi connectivity index (χ3n) is 8.60. The molecule has 0 unspecified atom stereocenters. The molecule has 0 spiro atoms. The molecule has 1 fully saturated rings. The summed E-state index contributed by atoms with van der Waals surface area (Å²) < 4.78 is 93.6. The lowest BCUT2D eigenvalue weighted by Gasteiger charge is -2.42. The SMILES string of the molecule is CCOC(=O)N1c2ccc(OC)nc2[C@@H](N(Cc2cc(C(F)(F)F)cc(C(F)(F)F)c2)c2ncc(N3CCC(C(=O)O)CC3)cn2)C[C@H]1C. The number of amides is 1. The van der Waals surface area contributed by atoms with Crippen molar-refractivity contribution in [2.45, 2.75) is 64.1 Å². The van der Waals surface area contributed by atoms with Crippen LogP contribution in [0.5, 0.6) is 5.88 Å². The zero-order valence-corrected chi connectivity index (χ0v) is 26.8. The lowest BCUT2D eigenvalue weighted by Crippen LogP contribution is -2.47. The number of ether oxygens (including phenoxy) is 2. The number of carboxylic acid groups (broad SMARTS) is 1. The number of halogens is 6. The van der Waals surface area contributed by atoms with Gasteiger partial charge in [0.2, 0.25) is 11.8 Å². The molecule has 2 aromatic heterocycles. The van der Waals surface area contributed by atoms with E-state index in [1.54, 1.807) is 19.9 Å². The number of nitrogens with zero attached hydrogens (tertiary/aromatic N) is 6. The number of carboxylic acids is 1. The zero-order chi connectivity index (χ0) is 35.7. The summed E-state index contributed by atoms with van der Waals surface area (Å²) in [6.45, 7) is 3.81. The van der Waals surface area contributed by atoms with Crippen molar-refractivity contribution in [2.24, 2.45) is 5.92 Å². The minimum Gasteiger partial charge on any atom is -0.481 e. The third kappa shape index (κ3) is 7.75. The molecule has 1 N–H and O–H groups in total. The number of alkyl halides is 6. The van der Waals surface area contributed by atoms with Crippen LogP contribution in [0.15, 0.2) is 42.7 Å². The van der Waals surface area contributed by atoms with E-state index in [9.17, 15) is 41.0 Å². The van der Waals surface area contributed by atoms with E-state index in [2.05, 4.69) is 15.0 Å². The fourth-order valence-electron chi connectivity index (χ4n) is 6.17. The van der Waals surface area contributed by atoms with Crippen LogP contribution in [0.1, 0.15) is 61.5 Å². The fraction of sp³-hybridized carbons (Fsp3) is 0.469. The topological polar surface area (TPSA) is 121 Å². The Labute approximate surface area is 277 Å². The Kier molecular flexibility index (Phi) is 10.1. The van der Waals surface area contributed by atoms with Crippen molar-refractivity contribution in [3.8, 4) is 5.88 Å². The first-order valence-electron chi connectivity index (χ1n) is 15.5. The summed E-state index contributed by atoms with van der Waals surface area (Å²) in [4.78, 5) is 42.7. The number of rotatable bonds is 8. The number of carbonyl (C=O) groups is 2. The van der Waals surface area contributed by atoms with Gasteiger partial charge in [-0.2, -0.15) is 26.3 Å². The van der Waals surface area contributed by atoms with Crippen LogP contribution in [0.25, 0.3) is 0 Å². The van der Waals surface area contributed by atoms with Crippen molar-refractivity contribution in [3.63, 3.8) is 0 Å². The van der Waals surface area contributed by atoms with Gasteiger partial charge in [0.25, 0.3) is 0 Å². The Bertz CT molecular complexity index is 1630. The molecule has 0 bridgehead atoms. The van der Waals surface area contributed by atoms with E-state index >= 15 is 0 Å². The number of hydrogen-bond donors (Lipinski definition) is 1. The molecule has 0 aliphatic carbocycles. The van der Waals surface area contributed by atoms with Crippen molar-refractivity contribution in [2.75, 3.05) is 41.5 Å². The van der Waals surface area contributed by atoms with Crippen LogP contribution >= 0.6 is 0 Å². The molecule has 5 rings (SSSR count). The second-order valence-corrected chi connectivity index (χ2v) is 11.8. The van der Waals surface area contributed by atoms with Crippen molar-refractivity contribution in [3.05, 3.63) is 65.1 Å². The summed E-state index contributed by atoms with van der Waals surface area (Å²) in [5.74, 6) is -1.22. The number of methoxy groups -OCH3 is 1. The van der Waals surface area contributed by atoms with Gasteiger partial charge >= 0.3 is 24.4 Å². The number of piperidine rings is 1. The molecule has 2 atom stereocenters. The number of anilines is 3. The summed E-state index contributed by atoms with van der Waals surface area (Å²) in [5, 5.41) is 9.34. The fourth-order valence-corrected chi connectivity index (χ4v) is 6.17. The van der Waals surface area contributed by atoms with Gasteiger partial charge in [-0.3, -0.25) is 9.69 Å².